The van der Waals surface area contributed by atoms with E-state index in [1.54, 1.807) is 0 Å². The second-order valence-electron chi connectivity index (χ2n) is 5.89. The first-order valence-electron chi connectivity index (χ1n) is 6.51. The van der Waals surface area contributed by atoms with Crippen LogP contribution in [0.15, 0.2) is 0 Å². The lowest BCUT2D eigenvalue weighted by Gasteiger charge is -2.23. The third kappa shape index (κ3) is 25.2. The minimum atomic E-state index is -6.00. The predicted molar refractivity (Wildman–Crippen MR) is 76.2 cm³/mol. The third-order valence-corrected chi connectivity index (χ3v) is 5.61. The topological polar surface area (TPSA) is 0 Å². The molecule has 6 heteroatoms. The Kier molecular flexibility index (Phi) is 11.5. The van der Waals surface area contributed by atoms with Gasteiger partial charge in [-0.3, -0.25) is 0 Å². The van der Waals surface area contributed by atoms with Gasteiger partial charge in [-0.15, -0.1) is 7.92 Å². The van der Waals surface area contributed by atoms with Crippen LogP contribution in [0.3, 0.4) is 0 Å². The average molecular weight is 289 g/mol. The van der Waals surface area contributed by atoms with Crippen molar-refractivity contribution >= 4 is 15.2 Å². The van der Waals surface area contributed by atoms with E-state index in [1.807, 2.05) is 0 Å². The summed E-state index contributed by atoms with van der Waals surface area (Å²) in [5.41, 5.74) is 0. The largest absolute Gasteiger partial charge is 0.673 e. The fraction of sp³-hybridized carbons (Fsp3) is 1.00. The summed E-state index contributed by atoms with van der Waals surface area (Å²) in [6.45, 7) is 14.1. The van der Waals surface area contributed by atoms with Crippen LogP contribution in [0, 0.1) is 17.8 Å². The smallest absolute Gasteiger partial charge is 0.418 e. The lowest BCUT2D eigenvalue weighted by molar-refractivity contribution is 0.368. The molecule has 0 rings (SSSR count). The molecule has 0 aromatic heterocycles. The molecule has 0 saturated heterocycles. The van der Waals surface area contributed by atoms with E-state index >= 15 is 0 Å². The zero-order chi connectivity index (χ0) is 14.9. The van der Waals surface area contributed by atoms with Gasteiger partial charge in [-0.2, -0.15) is 0 Å². The van der Waals surface area contributed by atoms with Crippen molar-refractivity contribution in [2.45, 2.75) is 41.5 Å². The molecule has 0 aliphatic rings. The summed E-state index contributed by atoms with van der Waals surface area (Å²) < 4.78 is 39.0. The van der Waals surface area contributed by atoms with Gasteiger partial charge < -0.3 is 17.3 Å². The summed E-state index contributed by atoms with van der Waals surface area (Å²) in [7, 11) is -5.68. The predicted octanol–water partition coefficient (Wildman–Crippen LogP) is 5.74. The molecule has 0 fully saturated rings. The first-order chi connectivity index (χ1) is 7.91. The molecule has 0 unspecified atom stereocenters. The van der Waals surface area contributed by atoms with Crippen LogP contribution in [0.2, 0.25) is 0 Å². The maximum atomic E-state index is 9.75. The molecule has 0 amide bonds. The summed E-state index contributed by atoms with van der Waals surface area (Å²) in [5.74, 6) is 2.68. The fourth-order valence-electron chi connectivity index (χ4n) is 1.77. The summed E-state index contributed by atoms with van der Waals surface area (Å²) in [6, 6.07) is 0. The number of rotatable bonds is 6. The zero-order valence-corrected chi connectivity index (χ0v) is 13.3. The first-order valence-corrected chi connectivity index (χ1v) is 8.41. The van der Waals surface area contributed by atoms with E-state index in [0.29, 0.717) is 7.92 Å². The molecule has 0 aromatic rings. The van der Waals surface area contributed by atoms with Gasteiger partial charge in [0.2, 0.25) is 0 Å². The zero-order valence-electron chi connectivity index (χ0n) is 12.4. The maximum absolute atomic E-state index is 9.75. The normalized spacial score (nSPS) is 12.3. The van der Waals surface area contributed by atoms with Gasteiger partial charge >= 0.3 is 7.25 Å². The standard InChI is InChI=1S/C12H27P.BF4/c1-10(2)7-13(8-11(3)4)9-12(5)6;2-1(3,4)5/h10-12H,7-9H2,1-6H3;/q;-1. The highest BCUT2D eigenvalue weighted by molar-refractivity contribution is 7.57. The minimum Gasteiger partial charge on any atom is -0.418 e. The number of halogens is 4. The van der Waals surface area contributed by atoms with Crippen LogP contribution >= 0.6 is 7.92 Å². The molecule has 0 N–H and O–H groups in total. The van der Waals surface area contributed by atoms with E-state index in [9.17, 15) is 17.3 Å². The third-order valence-electron chi connectivity index (χ3n) is 1.87. The van der Waals surface area contributed by atoms with Crippen LogP contribution in [0.25, 0.3) is 0 Å². The maximum Gasteiger partial charge on any atom is 0.673 e. The Morgan fingerprint density at radius 1 is 0.667 bits per heavy atom. The van der Waals surface area contributed by atoms with Crippen molar-refractivity contribution in [3.05, 3.63) is 0 Å². The van der Waals surface area contributed by atoms with Gasteiger partial charge in [0, 0.05) is 0 Å². The van der Waals surface area contributed by atoms with E-state index in [1.165, 1.54) is 18.5 Å². The monoisotopic (exact) mass is 289 g/mol. The molecule has 0 heterocycles. The summed E-state index contributed by atoms with van der Waals surface area (Å²) in [6.07, 6.45) is 4.43. The number of hydrogen-bond donors (Lipinski definition) is 0. The van der Waals surface area contributed by atoms with E-state index in [0.717, 1.165) is 17.8 Å². The lowest BCUT2D eigenvalue weighted by atomic mass is 10.3. The van der Waals surface area contributed by atoms with Crippen molar-refractivity contribution in [1.82, 2.24) is 0 Å². The molecule has 0 nitrogen and oxygen atoms in total. The summed E-state index contributed by atoms with van der Waals surface area (Å²) >= 11 is 0. The molecule has 0 aliphatic carbocycles. The van der Waals surface area contributed by atoms with Crippen molar-refractivity contribution < 1.29 is 17.3 Å². The van der Waals surface area contributed by atoms with Gasteiger partial charge in [0.1, 0.15) is 0 Å². The fourth-order valence-corrected chi connectivity index (χ4v) is 5.32. The Bertz CT molecular complexity index is 163. The van der Waals surface area contributed by atoms with E-state index in [4.69, 9.17) is 0 Å². The molecule has 0 aromatic carbocycles. The molecular weight excluding hydrogens is 262 g/mol. The van der Waals surface area contributed by atoms with Crippen molar-refractivity contribution in [3.63, 3.8) is 0 Å². The Labute approximate surface area is 111 Å². The average Bonchev–Trinajstić information content (AvgIpc) is 1.94. The second kappa shape index (κ2) is 10.1. The van der Waals surface area contributed by atoms with Crippen LogP contribution in [-0.2, 0) is 0 Å². The van der Waals surface area contributed by atoms with E-state index < -0.39 is 7.25 Å². The summed E-state index contributed by atoms with van der Waals surface area (Å²) in [4.78, 5) is 0. The highest BCUT2D eigenvalue weighted by atomic mass is 31.1. The molecule has 0 atom stereocenters. The Balaban J connectivity index is 0. The highest BCUT2D eigenvalue weighted by Gasteiger charge is 2.20. The van der Waals surface area contributed by atoms with Crippen molar-refractivity contribution in [2.75, 3.05) is 18.5 Å². The van der Waals surface area contributed by atoms with Crippen molar-refractivity contribution in [3.8, 4) is 0 Å². The first kappa shape index (κ1) is 20.5. The van der Waals surface area contributed by atoms with Crippen molar-refractivity contribution in [2.24, 2.45) is 17.8 Å². The van der Waals surface area contributed by atoms with Crippen LogP contribution in [0.4, 0.5) is 17.3 Å². The minimum absolute atomic E-state index is 0.321. The van der Waals surface area contributed by atoms with Crippen LogP contribution in [0.5, 0.6) is 0 Å². The Morgan fingerprint density at radius 2 is 0.833 bits per heavy atom. The van der Waals surface area contributed by atoms with Crippen molar-refractivity contribution in [1.29, 1.82) is 0 Å². The Hall–Kier alpha value is 0.215. The quantitative estimate of drug-likeness (QED) is 0.332. The van der Waals surface area contributed by atoms with Gasteiger partial charge in [-0.05, 0) is 36.2 Å². The van der Waals surface area contributed by atoms with Crippen LogP contribution < -0.4 is 0 Å². The highest BCUT2D eigenvalue weighted by Crippen LogP contribution is 2.41. The van der Waals surface area contributed by atoms with Gasteiger partial charge in [-0.25, -0.2) is 0 Å². The lowest BCUT2D eigenvalue weighted by Crippen LogP contribution is -2.07. The van der Waals surface area contributed by atoms with E-state index in [2.05, 4.69) is 41.5 Å². The van der Waals surface area contributed by atoms with Gasteiger partial charge in [0.25, 0.3) is 0 Å². The van der Waals surface area contributed by atoms with Crippen LogP contribution in [0.1, 0.15) is 41.5 Å². The molecule has 0 radical (unpaired) electrons. The molecule has 0 bridgehead atoms. The van der Waals surface area contributed by atoms with Gasteiger partial charge in [0.15, 0.2) is 0 Å². The SMILES string of the molecule is CC(C)CP(CC(C)C)CC(C)C.F[B-](F)(F)F. The van der Waals surface area contributed by atoms with Gasteiger partial charge in [0.05, 0.1) is 0 Å². The number of hydrogen-bond acceptors (Lipinski definition) is 0. The van der Waals surface area contributed by atoms with E-state index in [-0.39, 0.29) is 0 Å². The van der Waals surface area contributed by atoms with Gasteiger partial charge in [-0.1, -0.05) is 41.5 Å². The molecule has 112 valence electrons. The molecule has 18 heavy (non-hydrogen) atoms. The van der Waals surface area contributed by atoms with Crippen LogP contribution in [-0.4, -0.2) is 25.7 Å². The summed E-state index contributed by atoms with van der Waals surface area (Å²) in [5, 5.41) is 0. The molecule has 0 aliphatic heterocycles. The Morgan fingerprint density at radius 3 is 0.944 bits per heavy atom. The molecular formula is C12H27BF4P-. The second-order valence-corrected chi connectivity index (χ2v) is 8.33. The molecule has 0 saturated carbocycles. The molecule has 0 spiro atoms.